The van der Waals surface area contributed by atoms with E-state index in [2.05, 4.69) is 0 Å². The molecule has 0 spiro atoms. The van der Waals surface area contributed by atoms with Crippen molar-refractivity contribution in [3.8, 4) is 5.75 Å². The standard InChI is InChI=1S/C27H21NO4/c1-2-32-17-13-11-16(12-14-17)28-25(30)23-22-18-7-3-5-9-20(18)27(15-29,24(23)26(28)31)21-10-6-4-8-19(21)22/h3-15,22-24H,2H2,1H3/t22?,23-,24?,27?/m1/s1. The molecule has 0 aromatic heterocycles. The van der Waals surface area contributed by atoms with Gasteiger partial charge in [-0.2, -0.15) is 0 Å². The van der Waals surface area contributed by atoms with Gasteiger partial charge in [-0.15, -0.1) is 0 Å². The number of hydrogen-bond donors (Lipinski definition) is 0. The van der Waals surface area contributed by atoms with Gasteiger partial charge in [0.05, 0.1) is 29.5 Å². The van der Waals surface area contributed by atoms with Crippen LogP contribution in [-0.4, -0.2) is 24.7 Å². The van der Waals surface area contributed by atoms with Gasteiger partial charge in [0, 0.05) is 5.92 Å². The largest absolute Gasteiger partial charge is 0.494 e. The van der Waals surface area contributed by atoms with E-state index in [0.717, 1.165) is 28.5 Å². The Bertz CT molecular complexity index is 1230. The van der Waals surface area contributed by atoms with Crippen LogP contribution in [-0.2, 0) is 19.8 Å². The van der Waals surface area contributed by atoms with E-state index >= 15 is 0 Å². The molecule has 7 rings (SSSR count). The molecule has 1 unspecified atom stereocenters. The van der Waals surface area contributed by atoms with Crippen molar-refractivity contribution in [1.29, 1.82) is 0 Å². The minimum Gasteiger partial charge on any atom is -0.494 e. The maximum atomic E-state index is 13.8. The molecule has 0 saturated carbocycles. The summed E-state index contributed by atoms with van der Waals surface area (Å²) >= 11 is 0. The number of anilines is 1. The number of ether oxygens (including phenoxy) is 1. The summed E-state index contributed by atoms with van der Waals surface area (Å²) in [4.78, 5) is 41.8. The molecule has 3 aromatic rings. The lowest BCUT2D eigenvalue weighted by molar-refractivity contribution is -0.128. The van der Waals surface area contributed by atoms with Gasteiger partial charge in [0.1, 0.15) is 12.0 Å². The van der Waals surface area contributed by atoms with Gasteiger partial charge in [-0.1, -0.05) is 48.5 Å². The summed E-state index contributed by atoms with van der Waals surface area (Å²) in [7, 11) is 0. The SMILES string of the molecule is CCOc1ccc(N2C(=O)C3[C@H](C2=O)C2c4ccccc4C3(C=O)c3ccccc32)cc1. The van der Waals surface area contributed by atoms with Crippen LogP contribution in [0.3, 0.4) is 0 Å². The van der Waals surface area contributed by atoms with Crippen molar-refractivity contribution < 1.29 is 19.1 Å². The molecule has 2 amide bonds. The number of amides is 2. The first kappa shape index (κ1) is 19.0. The second-order valence-electron chi connectivity index (χ2n) is 8.58. The Kier molecular flexibility index (Phi) is 3.94. The van der Waals surface area contributed by atoms with Gasteiger partial charge < -0.3 is 9.53 Å². The first-order valence-electron chi connectivity index (χ1n) is 10.9. The van der Waals surface area contributed by atoms with Crippen molar-refractivity contribution in [3.05, 3.63) is 95.1 Å². The third kappa shape index (κ3) is 2.15. The van der Waals surface area contributed by atoms with Crippen LogP contribution < -0.4 is 9.64 Å². The van der Waals surface area contributed by atoms with E-state index in [1.165, 1.54) is 4.90 Å². The molecule has 3 aromatic carbocycles. The Hall–Kier alpha value is -3.73. The van der Waals surface area contributed by atoms with Crippen molar-refractivity contribution in [2.24, 2.45) is 11.8 Å². The van der Waals surface area contributed by atoms with Gasteiger partial charge in [0.25, 0.3) is 0 Å². The molecule has 0 radical (unpaired) electrons. The number of aldehydes is 1. The molecule has 0 N–H and O–H groups in total. The number of hydrogen-bond acceptors (Lipinski definition) is 4. The van der Waals surface area contributed by atoms with Crippen LogP contribution in [0.5, 0.6) is 5.75 Å². The Balaban J connectivity index is 1.56. The number of nitrogens with zero attached hydrogens (tertiary/aromatic N) is 1. The van der Waals surface area contributed by atoms with E-state index in [1.54, 1.807) is 24.3 Å². The summed E-state index contributed by atoms with van der Waals surface area (Å²) in [6.07, 6.45) is 0.893. The van der Waals surface area contributed by atoms with Crippen LogP contribution in [0, 0.1) is 11.8 Å². The predicted molar refractivity (Wildman–Crippen MR) is 119 cm³/mol. The number of rotatable bonds is 4. The average molecular weight is 423 g/mol. The molecule has 5 nitrogen and oxygen atoms in total. The van der Waals surface area contributed by atoms with Gasteiger partial charge in [0.15, 0.2) is 0 Å². The maximum absolute atomic E-state index is 13.8. The van der Waals surface area contributed by atoms with Crippen LogP contribution >= 0.6 is 0 Å². The van der Waals surface area contributed by atoms with E-state index in [4.69, 9.17) is 4.74 Å². The fourth-order valence-electron chi connectivity index (χ4n) is 6.14. The molecule has 5 heteroatoms. The first-order chi connectivity index (χ1) is 15.6. The second-order valence-corrected chi connectivity index (χ2v) is 8.58. The Morgan fingerprint density at radius 1 is 0.875 bits per heavy atom. The van der Waals surface area contributed by atoms with Gasteiger partial charge in [-0.25, -0.2) is 4.90 Å². The second kappa shape index (κ2) is 6.63. The molecule has 2 atom stereocenters. The van der Waals surface area contributed by atoms with Gasteiger partial charge in [-0.05, 0) is 53.4 Å². The molecule has 2 bridgehead atoms. The highest BCUT2D eigenvalue weighted by molar-refractivity contribution is 6.24. The molecule has 1 fully saturated rings. The highest BCUT2D eigenvalue weighted by Gasteiger charge is 2.68. The van der Waals surface area contributed by atoms with Gasteiger partial charge >= 0.3 is 0 Å². The summed E-state index contributed by atoms with van der Waals surface area (Å²) in [6.45, 7) is 2.43. The van der Waals surface area contributed by atoms with Gasteiger partial charge in [0.2, 0.25) is 11.8 Å². The summed E-state index contributed by atoms with van der Waals surface area (Å²) in [6, 6.07) is 22.5. The molecular formula is C27H21NO4. The van der Waals surface area contributed by atoms with Gasteiger partial charge in [-0.3, -0.25) is 9.59 Å². The van der Waals surface area contributed by atoms with E-state index < -0.39 is 17.3 Å². The highest BCUT2D eigenvalue weighted by atomic mass is 16.5. The average Bonchev–Trinajstić information content (AvgIpc) is 3.11. The molecule has 1 saturated heterocycles. The minimum absolute atomic E-state index is 0.246. The monoisotopic (exact) mass is 423 g/mol. The highest BCUT2D eigenvalue weighted by Crippen LogP contribution is 2.63. The maximum Gasteiger partial charge on any atom is 0.239 e. The molecule has 4 aliphatic rings. The summed E-state index contributed by atoms with van der Waals surface area (Å²) in [5, 5.41) is 0. The minimum atomic E-state index is -1.17. The third-order valence-corrected chi connectivity index (χ3v) is 7.28. The lowest BCUT2D eigenvalue weighted by atomic mass is 9.48. The summed E-state index contributed by atoms with van der Waals surface area (Å²) in [5.41, 5.74) is 2.96. The fraction of sp³-hybridized carbons (Fsp3) is 0.222. The Morgan fingerprint density at radius 2 is 1.47 bits per heavy atom. The fourth-order valence-corrected chi connectivity index (χ4v) is 6.14. The third-order valence-electron chi connectivity index (χ3n) is 7.28. The Labute approximate surface area is 185 Å². The number of carbonyl (C=O) groups is 3. The molecule has 158 valence electrons. The lowest BCUT2D eigenvalue weighted by Crippen LogP contribution is -2.54. The van der Waals surface area contributed by atoms with Crippen LogP contribution in [0.4, 0.5) is 5.69 Å². The lowest BCUT2D eigenvalue weighted by Gasteiger charge is -2.51. The van der Waals surface area contributed by atoms with E-state index in [1.807, 2.05) is 55.5 Å². The zero-order valence-corrected chi connectivity index (χ0v) is 17.5. The van der Waals surface area contributed by atoms with Crippen LogP contribution in [0.25, 0.3) is 0 Å². The number of imide groups is 1. The topological polar surface area (TPSA) is 63.7 Å². The van der Waals surface area contributed by atoms with E-state index in [9.17, 15) is 14.4 Å². The van der Waals surface area contributed by atoms with Crippen LogP contribution in [0.15, 0.2) is 72.8 Å². The summed E-state index contributed by atoms with van der Waals surface area (Å²) < 4.78 is 5.50. The van der Waals surface area contributed by atoms with E-state index in [0.29, 0.717) is 18.0 Å². The molecule has 32 heavy (non-hydrogen) atoms. The van der Waals surface area contributed by atoms with Crippen LogP contribution in [0.2, 0.25) is 0 Å². The summed E-state index contributed by atoms with van der Waals surface area (Å²) in [5.74, 6) is -1.50. The zero-order chi connectivity index (χ0) is 22.0. The molecular weight excluding hydrogens is 402 g/mol. The predicted octanol–water partition coefficient (Wildman–Crippen LogP) is 3.84. The quantitative estimate of drug-likeness (QED) is 0.473. The number of carbonyl (C=O) groups excluding carboxylic acids is 3. The molecule has 3 aliphatic carbocycles. The molecule has 1 aliphatic heterocycles. The van der Waals surface area contributed by atoms with Crippen LogP contribution in [0.1, 0.15) is 35.1 Å². The zero-order valence-electron chi connectivity index (χ0n) is 17.5. The van der Waals surface area contributed by atoms with Crippen molar-refractivity contribution in [3.63, 3.8) is 0 Å². The van der Waals surface area contributed by atoms with Crippen molar-refractivity contribution >= 4 is 23.8 Å². The number of benzene rings is 3. The normalized spacial score (nSPS) is 27.0. The van der Waals surface area contributed by atoms with Crippen molar-refractivity contribution in [1.82, 2.24) is 0 Å². The molecule has 1 heterocycles. The van der Waals surface area contributed by atoms with E-state index in [-0.39, 0.29) is 17.7 Å². The smallest absolute Gasteiger partial charge is 0.239 e. The van der Waals surface area contributed by atoms with Crippen molar-refractivity contribution in [2.45, 2.75) is 18.3 Å². The Morgan fingerprint density at radius 3 is 2.03 bits per heavy atom. The van der Waals surface area contributed by atoms with Crippen molar-refractivity contribution in [2.75, 3.05) is 11.5 Å². The first-order valence-corrected chi connectivity index (χ1v) is 10.9.